The number of thiocarbonyl (C=S) groups is 1. The first-order valence-electron chi connectivity index (χ1n) is 10.2. The van der Waals surface area contributed by atoms with Crippen molar-refractivity contribution in [1.29, 1.82) is 0 Å². The molecule has 178 valence electrons. The Kier molecular flexibility index (Phi) is 8.70. The number of benzene rings is 2. The van der Waals surface area contributed by atoms with E-state index < -0.39 is 23.9 Å². The maximum Gasteiger partial charge on any atom is 0.344 e. The van der Waals surface area contributed by atoms with Crippen LogP contribution in [0.4, 0.5) is 0 Å². The molecule has 11 heteroatoms. The van der Waals surface area contributed by atoms with Crippen LogP contribution >= 0.6 is 39.9 Å². The average molecular weight is 565 g/mol. The van der Waals surface area contributed by atoms with Crippen LogP contribution in [0.5, 0.6) is 11.5 Å². The topological polar surface area (TPSA) is 105 Å². The summed E-state index contributed by atoms with van der Waals surface area (Å²) in [5.41, 5.74) is 3.53. The molecule has 1 unspecified atom stereocenters. The first-order valence-corrected chi connectivity index (χ1v) is 12.3. The Labute approximate surface area is 214 Å². The number of carboxylic acid groups (broad SMARTS) is 1. The average Bonchev–Trinajstić information content (AvgIpc) is 3.06. The Bertz CT molecular complexity index is 1170. The first kappa shape index (κ1) is 25.7. The molecule has 1 aliphatic rings. The normalized spacial score (nSPS) is 15.4. The van der Waals surface area contributed by atoms with Gasteiger partial charge >= 0.3 is 5.97 Å². The van der Waals surface area contributed by atoms with E-state index in [0.29, 0.717) is 38.6 Å². The molecule has 2 aromatic carbocycles. The molecule has 1 atom stereocenters. The Morgan fingerprint density at radius 2 is 1.97 bits per heavy atom. The second-order valence-electron chi connectivity index (χ2n) is 6.93. The van der Waals surface area contributed by atoms with Gasteiger partial charge in [-0.1, -0.05) is 36.9 Å². The Morgan fingerprint density at radius 3 is 2.62 bits per heavy atom. The zero-order valence-corrected chi connectivity index (χ0v) is 21.5. The molecule has 0 spiro atoms. The molecule has 1 saturated heterocycles. The Balaban J connectivity index is 1.81. The van der Waals surface area contributed by atoms with Gasteiger partial charge in [-0.15, -0.1) is 0 Å². The number of carbonyl (C=O) groups excluding carboxylic acids is 2. The lowest BCUT2D eigenvalue weighted by Gasteiger charge is -2.17. The van der Waals surface area contributed by atoms with Gasteiger partial charge in [0.25, 0.3) is 11.8 Å². The molecule has 2 amide bonds. The first-order chi connectivity index (χ1) is 16.2. The fraction of sp³-hybridized carbons (Fsp3) is 0.217. The second kappa shape index (κ2) is 11.5. The SMILES string of the molecule is CCOc1cc(/C=C2/SC(=S)N(NC(=O)c3ccccc3Br)C2=O)ccc1OC(CC)C(=O)O. The number of rotatable bonds is 9. The predicted octanol–water partition coefficient (Wildman–Crippen LogP) is 4.64. The number of carboxylic acids is 1. The number of aliphatic carboxylic acids is 1. The molecule has 2 aromatic rings. The molecular formula is C23H21BrN2O6S2. The molecule has 2 N–H and O–H groups in total. The van der Waals surface area contributed by atoms with Crippen LogP contribution in [0.15, 0.2) is 51.8 Å². The second-order valence-corrected chi connectivity index (χ2v) is 9.46. The van der Waals surface area contributed by atoms with Gasteiger partial charge in [0.15, 0.2) is 21.9 Å². The monoisotopic (exact) mass is 564 g/mol. The van der Waals surface area contributed by atoms with Gasteiger partial charge in [-0.05, 0) is 77.4 Å². The number of amides is 2. The third kappa shape index (κ3) is 5.96. The third-order valence-corrected chi connectivity index (χ3v) is 6.60. The lowest BCUT2D eigenvalue weighted by Crippen LogP contribution is -2.44. The van der Waals surface area contributed by atoms with Crippen molar-refractivity contribution < 1.29 is 29.0 Å². The van der Waals surface area contributed by atoms with Crippen molar-refractivity contribution in [2.45, 2.75) is 26.4 Å². The minimum absolute atomic E-state index is 0.189. The number of ether oxygens (including phenoxy) is 2. The van der Waals surface area contributed by atoms with Gasteiger partial charge in [-0.25, -0.2) is 4.79 Å². The van der Waals surface area contributed by atoms with E-state index in [0.717, 1.165) is 16.8 Å². The summed E-state index contributed by atoms with van der Waals surface area (Å²) in [6.07, 6.45) is 0.899. The van der Waals surface area contributed by atoms with E-state index in [4.69, 9.17) is 21.7 Å². The van der Waals surface area contributed by atoms with Crippen LogP contribution in [0.3, 0.4) is 0 Å². The summed E-state index contributed by atoms with van der Waals surface area (Å²) in [6.45, 7) is 3.85. The van der Waals surface area contributed by atoms with Gasteiger partial charge in [-0.2, -0.15) is 5.01 Å². The van der Waals surface area contributed by atoms with E-state index in [1.54, 1.807) is 62.4 Å². The molecule has 0 radical (unpaired) electrons. The molecule has 0 bridgehead atoms. The van der Waals surface area contributed by atoms with Crippen LogP contribution in [0, 0.1) is 0 Å². The molecule has 1 heterocycles. The fourth-order valence-corrected chi connectivity index (χ4v) is 4.61. The zero-order valence-electron chi connectivity index (χ0n) is 18.2. The molecule has 0 saturated carbocycles. The molecule has 3 rings (SSSR count). The smallest absolute Gasteiger partial charge is 0.344 e. The van der Waals surface area contributed by atoms with Crippen LogP contribution in [-0.4, -0.2) is 44.9 Å². The lowest BCUT2D eigenvalue weighted by molar-refractivity contribution is -0.145. The van der Waals surface area contributed by atoms with Crippen molar-refractivity contribution >= 4 is 68.1 Å². The van der Waals surface area contributed by atoms with Crippen LogP contribution in [-0.2, 0) is 9.59 Å². The van der Waals surface area contributed by atoms with Gasteiger partial charge in [0.2, 0.25) is 0 Å². The predicted molar refractivity (Wildman–Crippen MR) is 137 cm³/mol. The number of hydrazine groups is 1. The van der Waals surface area contributed by atoms with Gasteiger partial charge in [0.05, 0.1) is 17.1 Å². The molecule has 0 aromatic heterocycles. The minimum atomic E-state index is -1.07. The summed E-state index contributed by atoms with van der Waals surface area (Å²) in [7, 11) is 0. The van der Waals surface area contributed by atoms with Crippen molar-refractivity contribution in [1.82, 2.24) is 10.4 Å². The summed E-state index contributed by atoms with van der Waals surface area (Å²) in [5, 5.41) is 10.3. The highest BCUT2D eigenvalue weighted by Crippen LogP contribution is 2.35. The maximum absolute atomic E-state index is 12.9. The molecular weight excluding hydrogens is 544 g/mol. The van der Waals surface area contributed by atoms with Gasteiger partial charge < -0.3 is 14.6 Å². The lowest BCUT2D eigenvalue weighted by atomic mass is 10.1. The van der Waals surface area contributed by atoms with E-state index >= 15 is 0 Å². The third-order valence-electron chi connectivity index (χ3n) is 4.61. The van der Waals surface area contributed by atoms with E-state index in [9.17, 15) is 19.5 Å². The van der Waals surface area contributed by atoms with Crippen molar-refractivity contribution in [2.24, 2.45) is 0 Å². The maximum atomic E-state index is 12.9. The fourth-order valence-electron chi connectivity index (χ4n) is 2.96. The Morgan fingerprint density at radius 1 is 1.24 bits per heavy atom. The zero-order chi connectivity index (χ0) is 24.8. The van der Waals surface area contributed by atoms with E-state index in [2.05, 4.69) is 21.4 Å². The van der Waals surface area contributed by atoms with E-state index in [1.165, 1.54) is 0 Å². The minimum Gasteiger partial charge on any atom is -0.490 e. The quantitative estimate of drug-likeness (QED) is 0.335. The van der Waals surface area contributed by atoms with E-state index in [1.807, 2.05) is 0 Å². The molecule has 34 heavy (non-hydrogen) atoms. The number of nitrogens with zero attached hydrogens (tertiary/aromatic N) is 1. The highest BCUT2D eigenvalue weighted by molar-refractivity contribution is 9.10. The van der Waals surface area contributed by atoms with Crippen LogP contribution in [0.2, 0.25) is 0 Å². The summed E-state index contributed by atoms with van der Waals surface area (Å²) >= 11 is 9.65. The van der Waals surface area contributed by atoms with Gasteiger partial charge in [0, 0.05) is 4.47 Å². The number of hydrogen-bond acceptors (Lipinski definition) is 7. The molecule has 1 aliphatic heterocycles. The summed E-state index contributed by atoms with van der Waals surface area (Å²) < 4.78 is 12.0. The number of nitrogens with one attached hydrogen (secondary N) is 1. The summed E-state index contributed by atoms with van der Waals surface area (Å²) in [6, 6.07) is 11.8. The number of halogens is 1. The largest absolute Gasteiger partial charge is 0.490 e. The van der Waals surface area contributed by atoms with Gasteiger partial charge in [-0.3, -0.25) is 15.0 Å². The highest BCUT2D eigenvalue weighted by Gasteiger charge is 2.34. The van der Waals surface area contributed by atoms with Crippen molar-refractivity contribution in [3.63, 3.8) is 0 Å². The highest BCUT2D eigenvalue weighted by atomic mass is 79.9. The van der Waals surface area contributed by atoms with Crippen LogP contribution in [0.25, 0.3) is 6.08 Å². The van der Waals surface area contributed by atoms with Gasteiger partial charge in [0.1, 0.15) is 0 Å². The summed E-state index contributed by atoms with van der Waals surface area (Å²) in [5.74, 6) is -1.36. The van der Waals surface area contributed by atoms with Crippen molar-refractivity contribution in [2.75, 3.05) is 6.61 Å². The number of hydrogen-bond donors (Lipinski definition) is 2. The number of carbonyl (C=O) groups is 3. The van der Waals surface area contributed by atoms with E-state index in [-0.39, 0.29) is 10.7 Å². The number of thioether (sulfide) groups is 1. The standard InChI is InChI=1S/C23H21BrN2O6S2/c1-3-16(22(29)30)32-17-10-9-13(11-18(17)31-4-2)12-19-21(28)26(23(33)34-19)25-20(27)14-7-5-6-8-15(14)24/h5-12,16H,3-4H2,1-2H3,(H,25,27)(H,29,30)/b19-12+. The van der Waals surface area contributed by atoms with Crippen LogP contribution in [0.1, 0.15) is 36.2 Å². The molecule has 0 aliphatic carbocycles. The Hall–Kier alpha value is -2.89. The molecule has 8 nitrogen and oxygen atoms in total. The van der Waals surface area contributed by atoms with Crippen molar-refractivity contribution in [3.8, 4) is 11.5 Å². The molecule has 1 fully saturated rings. The van der Waals surface area contributed by atoms with Crippen molar-refractivity contribution in [3.05, 3.63) is 63.0 Å². The van der Waals surface area contributed by atoms with Crippen LogP contribution < -0.4 is 14.9 Å². The summed E-state index contributed by atoms with van der Waals surface area (Å²) in [4.78, 5) is 37.1.